The zero-order valence-corrected chi connectivity index (χ0v) is 10.6. The Morgan fingerprint density at radius 1 is 1.29 bits per heavy atom. The maximum absolute atomic E-state index is 13.0. The number of benzene rings is 1. The van der Waals surface area contributed by atoms with Gasteiger partial charge >= 0.3 is 0 Å². The number of hydrogen-bond donors (Lipinski definition) is 2. The van der Waals surface area contributed by atoms with Gasteiger partial charge < -0.3 is 11.1 Å². The lowest BCUT2D eigenvalue weighted by molar-refractivity contribution is 0.621. The van der Waals surface area contributed by atoms with Crippen LogP contribution in [0.5, 0.6) is 0 Å². The van der Waals surface area contributed by atoms with Crippen LogP contribution in [-0.2, 0) is 0 Å². The molecular formula is C11H10BrFN4. The standard InChI is InChI=1S/C11H10BrFN4/c1-6-15-10(14)5-11(16-6)17-7-2-3-9(13)8(12)4-7/h2-5H,1H3,(H3,14,15,16,17). The first-order chi connectivity index (χ1) is 8.04. The van der Waals surface area contributed by atoms with Crippen molar-refractivity contribution in [3.05, 3.63) is 40.4 Å². The van der Waals surface area contributed by atoms with Gasteiger partial charge in [-0.05, 0) is 41.1 Å². The largest absolute Gasteiger partial charge is 0.384 e. The van der Waals surface area contributed by atoms with Crippen LogP contribution in [0.15, 0.2) is 28.7 Å². The van der Waals surface area contributed by atoms with Crippen molar-refractivity contribution in [2.24, 2.45) is 0 Å². The van der Waals surface area contributed by atoms with Crippen LogP contribution in [-0.4, -0.2) is 9.97 Å². The van der Waals surface area contributed by atoms with Crippen LogP contribution in [0, 0.1) is 12.7 Å². The maximum Gasteiger partial charge on any atom is 0.137 e. The van der Waals surface area contributed by atoms with Gasteiger partial charge in [0.15, 0.2) is 0 Å². The number of nitrogens with zero attached hydrogens (tertiary/aromatic N) is 2. The topological polar surface area (TPSA) is 63.8 Å². The van der Waals surface area contributed by atoms with Crippen molar-refractivity contribution >= 4 is 33.3 Å². The van der Waals surface area contributed by atoms with E-state index in [1.165, 1.54) is 6.07 Å². The molecule has 0 aliphatic rings. The van der Waals surface area contributed by atoms with Crippen molar-refractivity contribution in [3.63, 3.8) is 0 Å². The van der Waals surface area contributed by atoms with Crippen molar-refractivity contribution in [1.29, 1.82) is 0 Å². The van der Waals surface area contributed by atoms with Gasteiger partial charge in [-0.15, -0.1) is 0 Å². The molecule has 0 saturated heterocycles. The van der Waals surface area contributed by atoms with Gasteiger partial charge in [0, 0.05) is 11.8 Å². The molecule has 6 heteroatoms. The molecule has 0 amide bonds. The molecule has 4 nitrogen and oxygen atoms in total. The zero-order valence-electron chi connectivity index (χ0n) is 9.04. The molecule has 17 heavy (non-hydrogen) atoms. The number of halogens is 2. The average molecular weight is 297 g/mol. The SMILES string of the molecule is Cc1nc(N)cc(Nc2ccc(F)c(Br)c2)n1. The van der Waals surface area contributed by atoms with Gasteiger partial charge in [-0.25, -0.2) is 14.4 Å². The number of hydrogen-bond acceptors (Lipinski definition) is 4. The molecule has 0 fully saturated rings. The number of anilines is 3. The Hall–Kier alpha value is -1.69. The number of nitrogens with two attached hydrogens (primary N) is 1. The van der Waals surface area contributed by atoms with E-state index in [9.17, 15) is 4.39 Å². The van der Waals surface area contributed by atoms with E-state index < -0.39 is 0 Å². The van der Waals surface area contributed by atoms with Crippen molar-refractivity contribution in [2.45, 2.75) is 6.92 Å². The minimum atomic E-state index is -0.311. The second kappa shape index (κ2) is 4.67. The summed E-state index contributed by atoms with van der Waals surface area (Å²) >= 11 is 3.12. The summed E-state index contributed by atoms with van der Waals surface area (Å²) in [6.45, 7) is 1.75. The van der Waals surface area contributed by atoms with Crippen LogP contribution in [0.3, 0.4) is 0 Å². The van der Waals surface area contributed by atoms with E-state index in [4.69, 9.17) is 5.73 Å². The van der Waals surface area contributed by atoms with Crippen molar-refractivity contribution in [3.8, 4) is 0 Å². The Bertz CT molecular complexity index is 539. The second-order valence-electron chi connectivity index (χ2n) is 3.48. The molecule has 0 saturated carbocycles. The fraction of sp³-hybridized carbons (Fsp3) is 0.0909. The van der Waals surface area contributed by atoms with Crippen molar-refractivity contribution < 1.29 is 4.39 Å². The molecule has 0 atom stereocenters. The third kappa shape index (κ3) is 2.91. The zero-order chi connectivity index (χ0) is 12.4. The van der Waals surface area contributed by atoms with E-state index in [1.807, 2.05) is 0 Å². The molecule has 1 heterocycles. The number of aromatic nitrogens is 2. The van der Waals surface area contributed by atoms with Crippen LogP contribution < -0.4 is 11.1 Å². The summed E-state index contributed by atoms with van der Waals surface area (Å²) in [5, 5.41) is 3.03. The third-order valence-electron chi connectivity index (χ3n) is 2.05. The van der Waals surface area contributed by atoms with Gasteiger partial charge in [0.1, 0.15) is 23.3 Å². The molecule has 0 bridgehead atoms. The Labute approximate surface area is 106 Å². The predicted molar refractivity (Wildman–Crippen MR) is 68.6 cm³/mol. The van der Waals surface area contributed by atoms with Gasteiger partial charge in [-0.1, -0.05) is 0 Å². The van der Waals surface area contributed by atoms with Crippen LogP contribution in [0.25, 0.3) is 0 Å². The maximum atomic E-state index is 13.0. The van der Waals surface area contributed by atoms with Gasteiger partial charge in [0.05, 0.1) is 4.47 Å². The van der Waals surface area contributed by atoms with Crippen LogP contribution in [0.1, 0.15) is 5.82 Å². The molecule has 3 N–H and O–H groups in total. The first kappa shape index (κ1) is 11.8. The second-order valence-corrected chi connectivity index (χ2v) is 4.33. The highest BCUT2D eigenvalue weighted by Crippen LogP contribution is 2.22. The molecule has 0 radical (unpaired) electrons. The van der Waals surface area contributed by atoms with Crippen LogP contribution >= 0.6 is 15.9 Å². The molecule has 0 spiro atoms. The van der Waals surface area contributed by atoms with E-state index in [2.05, 4.69) is 31.2 Å². The van der Waals surface area contributed by atoms with E-state index in [0.29, 0.717) is 21.9 Å². The highest BCUT2D eigenvalue weighted by atomic mass is 79.9. The highest BCUT2D eigenvalue weighted by Gasteiger charge is 2.03. The average Bonchev–Trinajstić information content (AvgIpc) is 2.22. The smallest absolute Gasteiger partial charge is 0.137 e. The first-order valence-electron chi connectivity index (χ1n) is 4.88. The molecular weight excluding hydrogens is 287 g/mol. The summed E-state index contributed by atoms with van der Waals surface area (Å²) < 4.78 is 13.4. The van der Waals surface area contributed by atoms with E-state index in [-0.39, 0.29) is 5.82 Å². The third-order valence-corrected chi connectivity index (χ3v) is 2.66. The molecule has 2 aromatic rings. The number of nitrogens with one attached hydrogen (secondary N) is 1. The van der Waals surface area contributed by atoms with Gasteiger partial charge in [-0.2, -0.15) is 0 Å². The lowest BCUT2D eigenvalue weighted by atomic mass is 10.3. The number of aryl methyl sites for hydroxylation is 1. The van der Waals surface area contributed by atoms with Crippen molar-refractivity contribution in [2.75, 3.05) is 11.1 Å². The summed E-state index contributed by atoms with van der Waals surface area (Å²) in [7, 11) is 0. The van der Waals surface area contributed by atoms with E-state index in [0.717, 1.165) is 5.69 Å². The fourth-order valence-corrected chi connectivity index (χ4v) is 1.76. The van der Waals surface area contributed by atoms with Crippen LogP contribution in [0.4, 0.5) is 21.7 Å². The van der Waals surface area contributed by atoms with E-state index in [1.54, 1.807) is 25.1 Å². The lowest BCUT2D eigenvalue weighted by Gasteiger charge is -2.07. The molecule has 0 aliphatic carbocycles. The Balaban J connectivity index is 2.28. The molecule has 1 aromatic heterocycles. The predicted octanol–water partition coefficient (Wildman–Crippen LogP) is 3.01. The Morgan fingerprint density at radius 2 is 2.06 bits per heavy atom. The Morgan fingerprint density at radius 3 is 2.71 bits per heavy atom. The molecule has 1 aromatic carbocycles. The fourth-order valence-electron chi connectivity index (χ4n) is 1.38. The summed E-state index contributed by atoms with van der Waals surface area (Å²) in [6, 6.07) is 6.23. The minimum Gasteiger partial charge on any atom is -0.384 e. The summed E-state index contributed by atoms with van der Waals surface area (Å²) in [5.41, 5.74) is 6.33. The molecule has 88 valence electrons. The summed E-state index contributed by atoms with van der Waals surface area (Å²) in [6.07, 6.45) is 0. The minimum absolute atomic E-state index is 0.311. The summed E-state index contributed by atoms with van der Waals surface area (Å²) in [4.78, 5) is 8.14. The monoisotopic (exact) mass is 296 g/mol. The van der Waals surface area contributed by atoms with Crippen LogP contribution in [0.2, 0.25) is 0 Å². The molecule has 0 aliphatic heterocycles. The molecule has 2 rings (SSSR count). The quantitative estimate of drug-likeness (QED) is 0.894. The number of rotatable bonds is 2. The van der Waals surface area contributed by atoms with Gasteiger partial charge in [0.25, 0.3) is 0 Å². The van der Waals surface area contributed by atoms with Crippen molar-refractivity contribution in [1.82, 2.24) is 9.97 Å². The van der Waals surface area contributed by atoms with E-state index >= 15 is 0 Å². The summed E-state index contributed by atoms with van der Waals surface area (Å²) in [5.74, 6) is 1.23. The number of nitrogen functional groups attached to an aromatic ring is 1. The van der Waals surface area contributed by atoms with Gasteiger partial charge in [-0.3, -0.25) is 0 Å². The molecule has 0 unspecified atom stereocenters. The highest BCUT2D eigenvalue weighted by molar-refractivity contribution is 9.10. The first-order valence-corrected chi connectivity index (χ1v) is 5.67. The normalized spacial score (nSPS) is 10.3. The Kier molecular flexibility index (Phi) is 3.23. The lowest BCUT2D eigenvalue weighted by Crippen LogP contribution is -2.00. The van der Waals surface area contributed by atoms with Gasteiger partial charge in [0.2, 0.25) is 0 Å².